The Morgan fingerprint density at radius 2 is 2.15 bits per heavy atom. The molecule has 0 radical (unpaired) electrons. The molecule has 4 nitrogen and oxygen atoms in total. The zero-order valence-corrected chi connectivity index (χ0v) is 11.7. The number of hydrogen-bond acceptors (Lipinski definition) is 3. The van der Waals surface area contributed by atoms with Crippen LogP contribution in [0.15, 0.2) is 48.7 Å². The number of nitrogens with one attached hydrogen (secondary N) is 2. The molecule has 0 saturated carbocycles. The first-order valence-corrected chi connectivity index (χ1v) is 7.01. The van der Waals surface area contributed by atoms with E-state index in [9.17, 15) is 4.79 Å². The van der Waals surface area contributed by atoms with E-state index in [0.717, 1.165) is 26.7 Å². The molecule has 0 atom stereocenters. The van der Waals surface area contributed by atoms with E-state index in [1.54, 1.807) is 6.20 Å². The number of aryl methyl sites for hydroxylation is 1. The molecule has 0 aliphatic rings. The fraction of sp³-hybridized carbons (Fsp3) is 0.0667. The van der Waals surface area contributed by atoms with Gasteiger partial charge in [-0.25, -0.2) is 0 Å². The summed E-state index contributed by atoms with van der Waals surface area (Å²) < 4.78 is 0. The van der Waals surface area contributed by atoms with E-state index in [1.807, 2.05) is 49.4 Å². The number of amides is 1. The number of rotatable bonds is 3. The van der Waals surface area contributed by atoms with Crippen LogP contribution in [-0.4, -0.2) is 16.1 Å². The third-order valence-electron chi connectivity index (χ3n) is 2.90. The van der Waals surface area contributed by atoms with Crippen LogP contribution in [0.2, 0.25) is 0 Å². The summed E-state index contributed by atoms with van der Waals surface area (Å²) in [6.45, 7) is 1.99. The van der Waals surface area contributed by atoms with Gasteiger partial charge in [-0.3, -0.25) is 9.89 Å². The molecule has 3 aromatic rings. The second-order valence-electron chi connectivity index (χ2n) is 4.42. The SMILES string of the molecule is Cc1ccc(C(=O)Nc2cccc(-c3ccn[nH]3)c2)s1. The minimum absolute atomic E-state index is 0.0788. The van der Waals surface area contributed by atoms with Gasteiger partial charge in [-0.15, -0.1) is 11.3 Å². The van der Waals surface area contributed by atoms with Gasteiger partial charge in [-0.05, 0) is 37.3 Å². The quantitative estimate of drug-likeness (QED) is 0.770. The van der Waals surface area contributed by atoms with Crippen molar-refractivity contribution in [2.24, 2.45) is 0 Å². The number of hydrogen-bond donors (Lipinski definition) is 2. The number of H-pyrrole nitrogens is 1. The summed E-state index contributed by atoms with van der Waals surface area (Å²) in [5, 5.41) is 9.75. The lowest BCUT2D eigenvalue weighted by molar-refractivity contribution is 0.103. The van der Waals surface area contributed by atoms with Gasteiger partial charge in [0.25, 0.3) is 5.91 Å². The molecule has 0 aliphatic heterocycles. The average molecular weight is 283 g/mol. The van der Waals surface area contributed by atoms with Gasteiger partial charge in [-0.1, -0.05) is 12.1 Å². The highest BCUT2D eigenvalue weighted by Gasteiger charge is 2.09. The summed E-state index contributed by atoms with van der Waals surface area (Å²) in [4.78, 5) is 13.9. The molecule has 2 heterocycles. The molecule has 0 bridgehead atoms. The highest BCUT2D eigenvalue weighted by molar-refractivity contribution is 7.14. The predicted octanol–water partition coefficient (Wildman–Crippen LogP) is 3.70. The topological polar surface area (TPSA) is 57.8 Å². The molecule has 20 heavy (non-hydrogen) atoms. The summed E-state index contributed by atoms with van der Waals surface area (Å²) in [7, 11) is 0. The molecule has 5 heteroatoms. The fourth-order valence-corrected chi connectivity index (χ4v) is 2.69. The molecular weight excluding hydrogens is 270 g/mol. The van der Waals surface area contributed by atoms with Crippen LogP contribution in [0.3, 0.4) is 0 Å². The van der Waals surface area contributed by atoms with Gasteiger partial charge in [0.05, 0.1) is 10.6 Å². The van der Waals surface area contributed by atoms with Crippen molar-refractivity contribution in [3.63, 3.8) is 0 Å². The molecule has 100 valence electrons. The van der Waals surface area contributed by atoms with Gasteiger partial charge >= 0.3 is 0 Å². The van der Waals surface area contributed by atoms with Crippen LogP contribution in [-0.2, 0) is 0 Å². The minimum Gasteiger partial charge on any atom is -0.321 e. The Kier molecular flexibility index (Phi) is 3.35. The van der Waals surface area contributed by atoms with Crippen LogP contribution >= 0.6 is 11.3 Å². The number of benzene rings is 1. The van der Waals surface area contributed by atoms with Gasteiger partial charge in [0.2, 0.25) is 0 Å². The first-order chi connectivity index (χ1) is 9.72. The molecule has 2 N–H and O–H groups in total. The molecule has 0 fully saturated rings. The molecule has 0 aliphatic carbocycles. The second kappa shape index (κ2) is 5.30. The summed E-state index contributed by atoms with van der Waals surface area (Å²) in [5.74, 6) is -0.0788. The Morgan fingerprint density at radius 1 is 1.25 bits per heavy atom. The van der Waals surface area contributed by atoms with E-state index in [4.69, 9.17) is 0 Å². The van der Waals surface area contributed by atoms with Gasteiger partial charge in [0, 0.05) is 22.3 Å². The van der Waals surface area contributed by atoms with E-state index >= 15 is 0 Å². The Bertz CT molecular complexity index is 731. The molecule has 2 aromatic heterocycles. The molecule has 1 amide bonds. The van der Waals surface area contributed by atoms with Crippen LogP contribution in [0.4, 0.5) is 5.69 Å². The fourth-order valence-electron chi connectivity index (χ4n) is 1.93. The number of carbonyl (C=O) groups is 1. The number of anilines is 1. The average Bonchev–Trinajstić information content (AvgIpc) is 3.10. The van der Waals surface area contributed by atoms with Crippen molar-refractivity contribution in [1.29, 1.82) is 0 Å². The van der Waals surface area contributed by atoms with Crippen molar-refractivity contribution in [1.82, 2.24) is 10.2 Å². The maximum atomic E-state index is 12.1. The zero-order chi connectivity index (χ0) is 13.9. The van der Waals surface area contributed by atoms with Crippen molar-refractivity contribution < 1.29 is 4.79 Å². The largest absolute Gasteiger partial charge is 0.321 e. The van der Waals surface area contributed by atoms with Crippen molar-refractivity contribution >= 4 is 22.9 Å². The summed E-state index contributed by atoms with van der Waals surface area (Å²) in [6.07, 6.45) is 1.70. The lowest BCUT2D eigenvalue weighted by Gasteiger charge is -2.05. The molecule has 1 aromatic carbocycles. The van der Waals surface area contributed by atoms with E-state index in [-0.39, 0.29) is 5.91 Å². The third-order valence-corrected chi connectivity index (χ3v) is 3.90. The molecular formula is C15H13N3OS. The van der Waals surface area contributed by atoms with E-state index in [1.165, 1.54) is 11.3 Å². The van der Waals surface area contributed by atoms with Gasteiger partial charge < -0.3 is 5.32 Å². The number of nitrogens with zero attached hydrogens (tertiary/aromatic N) is 1. The van der Waals surface area contributed by atoms with Crippen LogP contribution in [0.1, 0.15) is 14.5 Å². The van der Waals surface area contributed by atoms with Gasteiger partial charge in [-0.2, -0.15) is 5.10 Å². The van der Waals surface area contributed by atoms with E-state index < -0.39 is 0 Å². The minimum atomic E-state index is -0.0788. The van der Waals surface area contributed by atoms with Crippen LogP contribution in [0, 0.1) is 6.92 Å². The molecule has 0 saturated heterocycles. The molecule has 3 rings (SSSR count). The number of carbonyl (C=O) groups excluding carboxylic acids is 1. The Hall–Kier alpha value is -2.40. The number of aromatic amines is 1. The van der Waals surface area contributed by atoms with Gasteiger partial charge in [0.15, 0.2) is 0 Å². The van der Waals surface area contributed by atoms with Crippen LogP contribution in [0.25, 0.3) is 11.3 Å². The Balaban J connectivity index is 1.81. The third kappa shape index (κ3) is 2.62. The normalized spacial score (nSPS) is 10.4. The highest BCUT2D eigenvalue weighted by atomic mass is 32.1. The highest BCUT2D eigenvalue weighted by Crippen LogP contribution is 2.22. The van der Waals surface area contributed by atoms with Crippen LogP contribution in [0.5, 0.6) is 0 Å². The molecule has 0 unspecified atom stereocenters. The van der Waals surface area contributed by atoms with Crippen molar-refractivity contribution in [2.45, 2.75) is 6.92 Å². The standard InChI is InChI=1S/C15H13N3OS/c1-10-5-6-14(20-10)15(19)17-12-4-2-3-11(9-12)13-7-8-16-18-13/h2-9H,1H3,(H,16,18)(H,17,19). The lowest BCUT2D eigenvalue weighted by atomic mass is 10.1. The monoisotopic (exact) mass is 283 g/mol. The number of aromatic nitrogens is 2. The Labute approximate surface area is 120 Å². The number of thiophene rings is 1. The van der Waals surface area contributed by atoms with E-state index in [0.29, 0.717) is 0 Å². The zero-order valence-electron chi connectivity index (χ0n) is 10.9. The van der Waals surface area contributed by atoms with Crippen molar-refractivity contribution in [3.05, 3.63) is 58.4 Å². The first-order valence-electron chi connectivity index (χ1n) is 6.20. The lowest BCUT2D eigenvalue weighted by Crippen LogP contribution is -2.09. The summed E-state index contributed by atoms with van der Waals surface area (Å²) in [5.41, 5.74) is 2.68. The predicted molar refractivity (Wildman–Crippen MR) is 81.0 cm³/mol. The van der Waals surface area contributed by atoms with Crippen molar-refractivity contribution in [2.75, 3.05) is 5.32 Å². The van der Waals surface area contributed by atoms with E-state index in [2.05, 4.69) is 15.5 Å². The summed E-state index contributed by atoms with van der Waals surface area (Å²) in [6, 6.07) is 13.4. The van der Waals surface area contributed by atoms with Crippen molar-refractivity contribution in [3.8, 4) is 11.3 Å². The first kappa shape index (κ1) is 12.6. The summed E-state index contributed by atoms with van der Waals surface area (Å²) >= 11 is 1.49. The van der Waals surface area contributed by atoms with Crippen LogP contribution < -0.4 is 5.32 Å². The maximum Gasteiger partial charge on any atom is 0.265 e. The maximum absolute atomic E-state index is 12.1. The Morgan fingerprint density at radius 3 is 2.85 bits per heavy atom. The molecule has 0 spiro atoms. The second-order valence-corrected chi connectivity index (χ2v) is 5.70. The smallest absolute Gasteiger partial charge is 0.265 e. The van der Waals surface area contributed by atoms with Gasteiger partial charge in [0.1, 0.15) is 0 Å².